The number of phenols is 1. The van der Waals surface area contributed by atoms with Crippen LogP contribution in [0.15, 0.2) is 41.7 Å². The fourth-order valence-corrected chi connectivity index (χ4v) is 6.49. The van der Waals surface area contributed by atoms with Gasteiger partial charge >= 0.3 is 11.9 Å². The number of hydrogen-bond acceptors (Lipinski definition) is 19. The van der Waals surface area contributed by atoms with Gasteiger partial charge in [-0.2, -0.15) is 0 Å². The fraction of sp³-hybridized carbons (Fsp3) is 0.588. The largest absolute Gasteiger partial charge is 0.502 e. The summed E-state index contributed by atoms with van der Waals surface area (Å²) >= 11 is 0. The lowest BCUT2D eigenvalue weighted by Gasteiger charge is -2.44. The third kappa shape index (κ3) is 8.60. The lowest BCUT2D eigenvalue weighted by atomic mass is 9.83. The Balaban J connectivity index is 1.20. The van der Waals surface area contributed by atoms with Crippen LogP contribution in [0.4, 0.5) is 0 Å². The quantitative estimate of drug-likeness (QED) is 0.0591. The third-order valence-electron chi connectivity index (χ3n) is 9.45. The molecule has 3 heterocycles. The molecule has 53 heavy (non-hydrogen) atoms. The fourth-order valence-electron chi connectivity index (χ4n) is 6.49. The third-order valence-corrected chi connectivity index (χ3v) is 9.45. The van der Waals surface area contributed by atoms with Crippen molar-refractivity contribution in [3.05, 3.63) is 47.3 Å². The van der Waals surface area contributed by atoms with E-state index in [0.717, 1.165) is 12.3 Å². The van der Waals surface area contributed by atoms with Gasteiger partial charge in [0, 0.05) is 12.0 Å². The first-order valence-electron chi connectivity index (χ1n) is 16.5. The highest BCUT2D eigenvalue weighted by Crippen LogP contribution is 2.44. The first kappa shape index (κ1) is 40.3. The predicted octanol–water partition coefficient (Wildman–Crippen LogP) is -2.42. The summed E-state index contributed by atoms with van der Waals surface area (Å²) in [6.07, 6.45) is -12.4. The van der Waals surface area contributed by atoms with Crippen molar-refractivity contribution in [1.82, 2.24) is 0 Å². The Labute approximate surface area is 302 Å². The molecule has 0 bridgehead atoms. The molecule has 0 aromatic heterocycles. The Hall–Kier alpha value is -3.86. The molecular formula is C34H44O19. The lowest BCUT2D eigenvalue weighted by Crippen LogP contribution is -2.62. The van der Waals surface area contributed by atoms with E-state index in [1.807, 2.05) is 0 Å². The van der Waals surface area contributed by atoms with Crippen molar-refractivity contribution >= 4 is 18.0 Å². The zero-order chi connectivity index (χ0) is 38.6. The number of allylic oxidation sites excluding steroid dienone is 1. The number of esters is 2. The highest BCUT2D eigenvalue weighted by Gasteiger charge is 2.51. The molecule has 19 nitrogen and oxygen atoms in total. The Morgan fingerprint density at radius 1 is 0.830 bits per heavy atom. The molecule has 3 aliphatic heterocycles. The average molecular weight is 757 g/mol. The highest BCUT2D eigenvalue weighted by atomic mass is 16.8. The Bertz CT molecular complexity index is 1520. The number of aromatic hydroxyl groups is 1. The maximum atomic E-state index is 12.5. The second-order valence-corrected chi connectivity index (χ2v) is 12.6. The molecule has 0 radical (unpaired) electrons. The summed E-state index contributed by atoms with van der Waals surface area (Å²) in [4.78, 5) is 24.8. The van der Waals surface area contributed by atoms with Crippen molar-refractivity contribution in [2.24, 2.45) is 11.8 Å². The summed E-state index contributed by atoms with van der Waals surface area (Å²) in [5, 5.41) is 83.6. The number of carbonyl (C=O) groups is 2. The molecule has 13 unspecified atom stereocenters. The number of aliphatic hydroxyl groups is 7. The molecule has 1 aromatic rings. The van der Waals surface area contributed by atoms with Crippen molar-refractivity contribution in [1.29, 1.82) is 0 Å². The number of phenolic OH excluding ortho intramolecular Hbond substituents is 1. The molecular weight excluding hydrogens is 712 g/mol. The first-order chi connectivity index (χ1) is 25.3. The summed E-state index contributed by atoms with van der Waals surface area (Å²) in [5.74, 6) is -2.73. The smallest absolute Gasteiger partial charge is 0.337 e. The maximum absolute atomic E-state index is 12.5. The summed E-state index contributed by atoms with van der Waals surface area (Å²) in [7, 11) is 3.89. The SMILES string of the molecule is COC(=O)C1=COC(OC2OC(COC3OC(COC(=O)/C=C/c4cc(OC)c(O)c(OC)c4)C(O)C(O)C3O)C(O)C(O)C2O)C2C(CO)=CCC12. The van der Waals surface area contributed by atoms with E-state index in [1.165, 1.54) is 39.5 Å². The van der Waals surface area contributed by atoms with Gasteiger partial charge in [0.15, 0.2) is 24.1 Å². The second-order valence-electron chi connectivity index (χ2n) is 12.6. The van der Waals surface area contributed by atoms with Crippen molar-refractivity contribution in [3.8, 4) is 17.2 Å². The zero-order valence-electron chi connectivity index (χ0n) is 28.9. The van der Waals surface area contributed by atoms with Crippen LogP contribution in [0, 0.1) is 11.8 Å². The predicted molar refractivity (Wildman–Crippen MR) is 173 cm³/mol. The van der Waals surface area contributed by atoms with E-state index in [4.69, 9.17) is 42.6 Å². The Morgan fingerprint density at radius 3 is 2.04 bits per heavy atom. The number of benzene rings is 1. The van der Waals surface area contributed by atoms with Crippen molar-refractivity contribution in [2.75, 3.05) is 41.2 Å². The Kier molecular flexibility index (Phi) is 13.3. The van der Waals surface area contributed by atoms with Crippen LogP contribution in [0.1, 0.15) is 12.0 Å². The van der Waals surface area contributed by atoms with Crippen LogP contribution >= 0.6 is 0 Å². The van der Waals surface area contributed by atoms with E-state index in [9.17, 15) is 50.4 Å². The van der Waals surface area contributed by atoms with Gasteiger partial charge in [0.25, 0.3) is 0 Å². The first-order valence-corrected chi connectivity index (χ1v) is 16.5. The van der Waals surface area contributed by atoms with Gasteiger partial charge in [0.05, 0.1) is 52.3 Å². The molecule has 0 amide bonds. The van der Waals surface area contributed by atoms with Gasteiger partial charge in [0.2, 0.25) is 12.0 Å². The number of hydrogen-bond donors (Lipinski definition) is 8. The van der Waals surface area contributed by atoms with Gasteiger partial charge in [-0.05, 0) is 35.8 Å². The van der Waals surface area contributed by atoms with Crippen LogP contribution in [0.25, 0.3) is 6.08 Å². The summed E-state index contributed by atoms with van der Waals surface area (Å²) < 4.78 is 48.6. The Morgan fingerprint density at radius 2 is 1.43 bits per heavy atom. The van der Waals surface area contributed by atoms with Gasteiger partial charge in [-0.3, -0.25) is 0 Å². The summed E-state index contributed by atoms with van der Waals surface area (Å²) in [6, 6.07) is 2.88. The monoisotopic (exact) mass is 756 g/mol. The van der Waals surface area contributed by atoms with Crippen molar-refractivity contribution in [3.63, 3.8) is 0 Å². The molecule has 2 saturated heterocycles. The minimum atomic E-state index is -1.83. The van der Waals surface area contributed by atoms with Crippen LogP contribution < -0.4 is 9.47 Å². The molecule has 1 aliphatic carbocycles. The van der Waals surface area contributed by atoms with Crippen LogP contribution in [-0.4, -0.2) is 162 Å². The van der Waals surface area contributed by atoms with Crippen LogP contribution in [-0.2, 0) is 42.7 Å². The molecule has 8 N–H and O–H groups in total. The van der Waals surface area contributed by atoms with Crippen molar-refractivity contribution in [2.45, 2.75) is 74.1 Å². The zero-order valence-corrected chi connectivity index (χ0v) is 28.9. The van der Waals surface area contributed by atoms with E-state index in [0.29, 0.717) is 17.6 Å². The van der Waals surface area contributed by atoms with E-state index in [2.05, 4.69) is 0 Å². The van der Waals surface area contributed by atoms with E-state index >= 15 is 0 Å². The molecule has 13 atom stereocenters. The number of ether oxygens (including phenoxy) is 9. The van der Waals surface area contributed by atoms with Gasteiger partial charge in [-0.25, -0.2) is 9.59 Å². The number of carbonyl (C=O) groups excluding carboxylic acids is 2. The van der Waals surface area contributed by atoms with E-state index in [1.54, 1.807) is 6.08 Å². The second kappa shape index (κ2) is 17.5. The van der Waals surface area contributed by atoms with Crippen LogP contribution in [0.3, 0.4) is 0 Å². The van der Waals surface area contributed by atoms with Gasteiger partial charge < -0.3 is 83.5 Å². The molecule has 0 saturated carbocycles. The molecule has 5 rings (SSSR count). The van der Waals surface area contributed by atoms with Gasteiger partial charge in [0.1, 0.15) is 55.4 Å². The highest BCUT2D eigenvalue weighted by molar-refractivity contribution is 5.89. The topological polar surface area (TPSA) is 279 Å². The molecule has 294 valence electrons. The summed E-state index contributed by atoms with van der Waals surface area (Å²) in [6.45, 7) is -1.59. The number of fused-ring (bicyclic) bond motifs is 1. The maximum Gasteiger partial charge on any atom is 0.337 e. The molecule has 2 fully saturated rings. The minimum absolute atomic E-state index is 0.0945. The lowest BCUT2D eigenvalue weighted by molar-refractivity contribution is -0.352. The van der Waals surface area contributed by atoms with Crippen molar-refractivity contribution < 1.29 is 93.1 Å². The molecule has 0 spiro atoms. The number of rotatable bonds is 13. The average Bonchev–Trinajstić information content (AvgIpc) is 3.61. The number of aliphatic hydroxyl groups excluding tert-OH is 7. The van der Waals surface area contributed by atoms with Gasteiger partial charge in [-0.15, -0.1) is 0 Å². The molecule has 1 aromatic carbocycles. The summed E-state index contributed by atoms with van der Waals surface area (Å²) in [5.41, 5.74) is 1.12. The minimum Gasteiger partial charge on any atom is -0.502 e. The standard InChI is InChI=1S/C34H44O19/c1-45-18-8-14(9-19(46-2)24(18)37)4-7-22(36)48-12-20-25(38)27(40)29(42)33(51-20)50-13-21-26(39)28(41)30(43)34(52-21)53-32-23-15(10-35)5-6-16(23)17(11-49-32)31(44)47-3/h4-5,7-9,11,16,20-21,23,25-30,32-35,37-43H,6,10,12-13H2,1-3H3/b7-4+. The molecule has 4 aliphatic rings. The molecule has 19 heteroatoms. The number of methoxy groups -OCH3 is 3. The van der Waals surface area contributed by atoms with Crippen LogP contribution in [0.2, 0.25) is 0 Å². The normalized spacial score (nSPS) is 35.5. The van der Waals surface area contributed by atoms with Crippen LogP contribution in [0.5, 0.6) is 17.2 Å². The van der Waals surface area contributed by atoms with Gasteiger partial charge in [-0.1, -0.05) is 6.08 Å². The van der Waals surface area contributed by atoms with E-state index < -0.39 is 105 Å². The van der Waals surface area contributed by atoms with E-state index in [-0.39, 0.29) is 29.4 Å².